The number of hydrogen-bond acceptors (Lipinski definition) is 3. The Morgan fingerprint density at radius 3 is 2.04 bits per heavy atom. The Morgan fingerprint density at radius 1 is 0.875 bits per heavy atom. The van der Waals surface area contributed by atoms with Crippen LogP contribution in [0.3, 0.4) is 0 Å². The van der Waals surface area contributed by atoms with Gasteiger partial charge in [0.25, 0.3) is 0 Å². The highest BCUT2D eigenvalue weighted by atomic mass is 15.2. The summed E-state index contributed by atoms with van der Waals surface area (Å²) in [5.41, 5.74) is 6.54. The van der Waals surface area contributed by atoms with Gasteiger partial charge in [-0.25, -0.2) is 4.98 Å². The Morgan fingerprint density at radius 2 is 1.46 bits per heavy atom. The zero-order chi connectivity index (χ0) is 16.5. The van der Waals surface area contributed by atoms with Crippen LogP contribution in [-0.2, 0) is 13.1 Å². The second-order valence-electron chi connectivity index (χ2n) is 6.12. The minimum atomic E-state index is 0.498. The van der Waals surface area contributed by atoms with Gasteiger partial charge in [-0.05, 0) is 40.8 Å². The molecule has 0 N–H and O–H groups in total. The summed E-state index contributed by atoms with van der Waals surface area (Å²) in [6.07, 6.45) is 0. The van der Waals surface area contributed by atoms with Crippen molar-refractivity contribution in [3.8, 4) is 17.2 Å². The molecule has 0 bridgehead atoms. The van der Waals surface area contributed by atoms with Gasteiger partial charge in [-0.3, -0.25) is 0 Å². The van der Waals surface area contributed by atoms with Gasteiger partial charge in [0.1, 0.15) is 17.6 Å². The van der Waals surface area contributed by atoms with E-state index in [2.05, 4.69) is 64.5 Å². The lowest BCUT2D eigenvalue weighted by molar-refractivity contribution is 0.793. The van der Waals surface area contributed by atoms with Crippen LogP contribution in [0.4, 0.5) is 5.82 Å². The predicted octanol–water partition coefficient (Wildman–Crippen LogP) is 4.45. The number of rotatable bonds is 1. The highest BCUT2D eigenvalue weighted by molar-refractivity contribution is 5.73. The normalized spacial score (nSPS) is 12.8. The van der Waals surface area contributed by atoms with Crippen molar-refractivity contribution in [2.24, 2.45) is 0 Å². The van der Waals surface area contributed by atoms with E-state index in [4.69, 9.17) is 0 Å². The van der Waals surface area contributed by atoms with E-state index in [-0.39, 0.29) is 0 Å². The Hall–Kier alpha value is -3.12. The molecule has 0 saturated carbocycles. The van der Waals surface area contributed by atoms with Crippen LogP contribution in [0.15, 0.2) is 60.7 Å². The molecule has 0 radical (unpaired) electrons. The van der Waals surface area contributed by atoms with Crippen molar-refractivity contribution in [3.63, 3.8) is 0 Å². The van der Waals surface area contributed by atoms with Gasteiger partial charge >= 0.3 is 0 Å². The van der Waals surface area contributed by atoms with E-state index in [9.17, 15) is 5.26 Å². The van der Waals surface area contributed by atoms with Gasteiger partial charge in [-0.2, -0.15) is 5.26 Å². The van der Waals surface area contributed by atoms with E-state index >= 15 is 0 Å². The quantitative estimate of drug-likeness (QED) is 0.666. The molecule has 4 rings (SSSR count). The van der Waals surface area contributed by atoms with Gasteiger partial charge in [-0.15, -0.1) is 0 Å². The zero-order valence-corrected chi connectivity index (χ0v) is 13.5. The molecule has 3 nitrogen and oxygen atoms in total. The number of fused-ring (bicyclic) bond motifs is 3. The Balaban J connectivity index is 1.85. The Bertz CT molecular complexity index is 906. The molecule has 116 valence electrons. The van der Waals surface area contributed by atoms with Crippen molar-refractivity contribution < 1.29 is 0 Å². The molecule has 0 amide bonds. The van der Waals surface area contributed by atoms with Crippen LogP contribution >= 0.6 is 0 Å². The van der Waals surface area contributed by atoms with Crippen LogP contribution in [0, 0.1) is 18.3 Å². The minimum absolute atomic E-state index is 0.498. The van der Waals surface area contributed by atoms with Gasteiger partial charge in [0.05, 0.1) is 0 Å². The number of hydrogen-bond donors (Lipinski definition) is 0. The van der Waals surface area contributed by atoms with Crippen LogP contribution in [0.2, 0.25) is 0 Å². The summed E-state index contributed by atoms with van der Waals surface area (Å²) < 4.78 is 0. The molecule has 3 heteroatoms. The van der Waals surface area contributed by atoms with Crippen molar-refractivity contribution in [2.45, 2.75) is 20.0 Å². The molecule has 3 aromatic rings. The SMILES string of the molecule is Cc1ccc(N2Cc3ccccc3-c3ccccc3C2)nc1C#N. The summed E-state index contributed by atoms with van der Waals surface area (Å²) in [5, 5.41) is 9.28. The van der Waals surface area contributed by atoms with Gasteiger partial charge in [0.15, 0.2) is 0 Å². The lowest BCUT2D eigenvalue weighted by Gasteiger charge is -2.23. The Labute approximate surface area is 141 Å². The van der Waals surface area contributed by atoms with Gasteiger partial charge < -0.3 is 4.90 Å². The number of aromatic nitrogens is 1. The molecule has 0 unspecified atom stereocenters. The summed E-state index contributed by atoms with van der Waals surface area (Å²) in [6, 6.07) is 23.2. The molecule has 2 heterocycles. The highest BCUT2D eigenvalue weighted by Crippen LogP contribution is 2.34. The van der Waals surface area contributed by atoms with Crippen molar-refractivity contribution in [1.82, 2.24) is 4.98 Å². The van der Waals surface area contributed by atoms with Crippen LogP contribution in [0.25, 0.3) is 11.1 Å². The minimum Gasteiger partial charge on any atom is -0.348 e. The van der Waals surface area contributed by atoms with E-state index in [1.807, 2.05) is 19.1 Å². The van der Waals surface area contributed by atoms with Gasteiger partial charge in [0, 0.05) is 13.1 Å². The zero-order valence-electron chi connectivity index (χ0n) is 13.5. The molecule has 0 aliphatic carbocycles. The van der Waals surface area contributed by atoms with Crippen LogP contribution in [0.1, 0.15) is 22.4 Å². The first kappa shape index (κ1) is 14.5. The molecule has 1 aliphatic heterocycles. The van der Waals surface area contributed by atoms with E-state index < -0.39 is 0 Å². The fraction of sp³-hybridized carbons (Fsp3) is 0.143. The fourth-order valence-corrected chi connectivity index (χ4v) is 3.28. The van der Waals surface area contributed by atoms with E-state index in [1.54, 1.807) is 0 Å². The van der Waals surface area contributed by atoms with Crippen LogP contribution in [0.5, 0.6) is 0 Å². The van der Waals surface area contributed by atoms with Crippen molar-refractivity contribution >= 4 is 5.82 Å². The van der Waals surface area contributed by atoms with Crippen LogP contribution < -0.4 is 4.90 Å². The summed E-state index contributed by atoms with van der Waals surface area (Å²) >= 11 is 0. The predicted molar refractivity (Wildman–Crippen MR) is 95.5 cm³/mol. The van der Waals surface area contributed by atoms with Gasteiger partial charge in [0.2, 0.25) is 0 Å². The average Bonchev–Trinajstić information content (AvgIpc) is 2.79. The molecular weight excluding hydrogens is 294 g/mol. The first-order valence-corrected chi connectivity index (χ1v) is 8.05. The first-order valence-electron chi connectivity index (χ1n) is 8.05. The molecule has 0 atom stereocenters. The van der Waals surface area contributed by atoms with Crippen molar-refractivity contribution in [1.29, 1.82) is 5.26 Å². The van der Waals surface area contributed by atoms with Crippen LogP contribution in [-0.4, -0.2) is 4.98 Å². The van der Waals surface area contributed by atoms with Crippen molar-refractivity contribution in [2.75, 3.05) is 4.90 Å². The first-order chi connectivity index (χ1) is 11.8. The van der Waals surface area contributed by atoms with E-state index in [1.165, 1.54) is 22.3 Å². The molecule has 0 saturated heterocycles. The third-order valence-electron chi connectivity index (χ3n) is 4.56. The molecular formula is C21H17N3. The number of aryl methyl sites for hydroxylation is 1. The van der Waals surface area contributed by atoms with E-state index in [0.29, 0.717) is 5.69 Å². The maximum Gasteiger partial charge on any atom is 0.145 e. The summed E-state index contributed by atoms with van der Waals surface area (Å²) in [4.78, 5) is 6.81. The standard InChI is InChI=1S/C21H17N3/c1-15-10-11-21(23-20(15)12-22)24-13-16-6-2-4-8-18(16)19-9-5-3-7-17(19)14-24/h2-11H,13-14H2,1H3. The number of nitrogens with zero attached hydrogens (tertiary/aromatic N) is 3. The van der Waals surface area contributed by atoms with Crippen molar-refractivity contribution in [3.05, 3.63) is 83.0 Å². The topological polar surface area (TPSA) is 39.9 Å². The molecule has 0 fully saturated rings. The fourth-order valence-electron chi connectivity index (χ4n) is 3.28. The molecule has 24 heavy (non-hydrogen) atoms. The van der Waals surface area contributed by atoms with E-state index in [0.717, 1.165) is 24.5 Å². The maximum atomic E-state index is 9.28. The monoisotopic (exact) mass is 311 g/mol. The molecule has 1 aliphatic rings. The summed E-state index contributed by atoms with van der Waals surface area (Å²) in [6.45, 7) is 3.49. The largest absolute Gasteiger partial charge is 0.348 e. The van der Waals surface area contributed by atoms with Gasteiger partial charge in [-0.1, -0.05) is 54.6 Å². The molecule has 2 aromatic carbocycles. The summed E-state index contributed by atoms with van der Waals surface area (Å²) in [5.74, 6) is 0.851. The summed E-state index contributed by atoms with van der Waals surface area (Å²) in [7, 11) is 0. The maximum absolute atomic E-state index is 9.28. The number of nitriles is 1. The number of anilines is 1. The molecule has 1 aromatic heterocycles. The highest BCUT2D eigenvalue weighted by Gasteiger charge is 2.20. The second-order valence-corrected chi connectivity index (χ2v) is 6.12. The third kappa shape index (κ3) is 2.43. The lowest BCUT2D eigenvalue weighted by atomic mass is 9.97. The Kier molecular flexibility index (Phi) is 3.51. The second kappa shape index (κ2) is 5.82. The lowest BCUT2D eigenvalue weighted by Crippen LogP contribution is -2.22. The molecule has 0 spiro atoms. The number of benzene rings is 2. The smallest absolute Gasteiger partial charge is 0.145 e. The average molecular weight is 311 g/mol. The number of pyridine rings is 1. The third-order valence-corrected chi connectivity index (χ3v) is 4.56.